The van der Waals surface area contributed by atoms with Crippen LogP contribution in [0.2, 0.25) is 0 Å². The molecular formula is C38H46N8O6S. The van der Waals surface area contributed by atoms with Gasteiger partial charge in [-0.3, -0.25) is 19.3 Å². The minimum Gasteiger partial charge on any atom is -0.380 e. The van der Waals surface area contributed by atoms with Crippen LogP contribution in [0.15, 0.2) is 60.8 Å². The van der Waals surface area contributed by atoms with E-state index in [2.05, 4.69) is 26.3 Å². The van der Waals surface area contributed by atoms with E-state index in [-0.39, 0.29) is 42.3 Å². The van der Waals surface area contributed by atoms with Gasteiger partial charge in [-0.25, -0.2) is 14.3 Å². The van der Waals surface area contributed by atoms with Crippen molar-refractivity contribution in [3.05, 3.63) is 71.9 Å². The number of urea groups is 2. The van der Waals surface area contributed by atoms with Gasteiger partial charge >= 0.3 is 12.1 Å². The predicted molar refractivity (Wildman–Crippen MR) is 198 cm³/mol. The first-order chi connectivity index (χ1) is 25.8. The predicted octanol–water partition coefficient (Wildman–Crippen LogP) is 3.76. The van der Waals surface area contributed by atoms with Crippen molar-refractivity contribution in [3.63, 3.8) is 0 Å². The summed E-state index contributed by atoms with van der Waals surface area (Å²) < 4.78 is 7.46. The fraction of sp³-hybridized carbons (Fsp3) is 0.500. The standard InChI is InChI=1S/C38H46N8O6S/c47-29(9-4-5-11-32-33-31(25-53-32)39-36(50)40-33)10-6-21-52-22-20-45-24-30(42-43-45)27-12-14-28(15-13-27)34(48)44-18-16-38(17-19-44)35(49)46(37(51)41-38)23-26-7-2-1-3-8-26/h1-3,7-8,12-15,24,31-33H,4-6,9-11,16-23,25H2,(H,41,51)(H2,39,40,50)/t31-,32-,33-/m0/s1. The number of hydrogen-bond donors (Lipinski definition) is 3. The first kappa shape index (κ1) is 36.6. The number of fused-ring (bicyclic) bond motifs is 1. The molecule has 2 aromatic carbocycles. The van der Waals surface area contributed by atoms with Gasteiger partial charge in [-0.05, 0) is 49.8 Å². The van der Waals surface area contributed by atoms with Gasteiger partial charge in [-0.1, -0.05) is 54.1 Å². The fourth-order valence-electron chi connectivity index (χ4n) is 7.59. The van der Waals surface area contributed by atoms with E-state index in [0.29, 0.717) is 81.5 Å². The summed E-state index contributed by atoms with van der Waals surface area (Å²) >= 11 is 1.91. The third-order valence-electron chi connectivity index (χ3n) is 10.6. The summed E-state index contributed by atoms with van der Waals surface area (Å²) in [5.41, 5.74) is 1.96. The lowest BCUT2D eigenvalue weighted by molar-refractivity contribution is -0.133. The van der Waals surface area contributed by atoms with Gasteiger partial charge in [-0.15, -0.1) is 5.10 Å². The molecule has 4 aliphatic rings. The highest BCUT2D eigenvalue weighted by Crippen LogP contribution is 2.34. The van der Waals surface area contributed by atoms with Crippen LogP contribution in [-0.4, -0.2) is 109 Å². The number of hydrogen-bond acceptors (Lipinski definition) is 9. The largest absolute Gasteiger partial charge is 0.380 e. The number of carbonyl (C=O) groups excluding carboxylic acids is 5. The highest BCUT2D eigenvalue weighted by molar-refractivity contribution is 8.00. The van der Waals surface area contributed by atoms with Gasteiger partial charge in [0.15, 0.2) is 0 Å². The first-order valence-electron chi connectivity index (χ1n) is 18.5. The van der Waals surface area contributed by atoms with Gasteiger partial charge in [0.05, 0.1) is 38.0 Å². The Morgan fingerprint density at radius 1 is 0.925 bits per heavy atom. The maximum absolute atomic E-state index is 13.3. The molecule has 0 saturated carbocycles. The molecule has 0 bridgehead atoms. The molecule has 0 radical (unpaired) electrons. The summed E-state index contributed by atoms with van der Waals surface area (Å²) in [4.78, 5) is 66.3. The Balaban J connectivity index is 0.776. The lowest BCUT2D eigenvalue weighted by Crippen LogP contribution is -2.55. The first-order valence-corrected chi connectivity index (χ1v) is 19.6. The number of amides is 6. The molecular weight excluding hydrogens is 697 g/mol. The Bertz CT molecular complexity index is 1800. The number of rotatable bonds is 16. The fourth-order valence-corrected chi connectivity index (χ4v) is 9.13. The normalized spacial score (nSPS) is 21.8. The van der Waals surface area contributed by atoms with Crippen LogP contribution >= 0.6 is 11.8 Å². The SMILES string of the molecule is O=C(CCCC[C@@H]1SC[C@@H]2NC(=O)N[C@@H]21)CCCOCCn1cc(-c2ccc(C(=O)N3CCC4(CC3)NC(=O)N(Cc3ccccc3)C4=O)cc2)nn1. The molecule has 5 heterocycles. The summed E-state index contributed by atoms with van der Waals surface area (Å²) in [6.45, 7) is 2.43. The maximum Gasteiger partial charge on any atom is 0.325 e. The summed E-state index contributed by atoms with van der Waals surface area (Å²) in [7, 11) is 0. The molecule has 1 spiro atoms. The molecule has 3 N–H and O–H groups in total. The minimum atomic E-state index is -0.974. The Hall–Kier alpha value is -4.76. The van der Waals surface area contributed by atoms with E-state index in [1.807, 2.05) is 60.4 Å². The number of carbonyl (C=O) groups is 5. The van der Waals surface area contributed by atoms with Gasteiger partial charge in [0.2, 0.25) is 0 Å². The molecule has 1 aromatic heterocycles. The monoisotopic (exact) mass is 742 g/mol. The lowest BCUT2D eigenvalue weighted by Gasteiger charge is -2.37. The van der Waals surface area contributed by atoms with Crippen molar-refractivity contribution >= 4 is 41.4 Å². The van der Waals surface area contributed by atoms with Gasteiger partial charge in [0.25, 0.3) is 11.8 Å². The molecule has 7 rings (SSSR count). The highest BCUT2D eigenvalue weighted by atomic mass is 32.2. The number of aromatic nitrogens is 3. The van der Waals surface area contributed by atoms with Crippen molar-refractivity contribution in [2.24, 2.45) is 0 Å². The van der Waals surface area contributed by atoms with Crippen LogP contribution in [0.5, 0.6) is 0 Å². The van der Waals surface area contributed by atoms with Crippen molar-refractivity contribution < 1.29 is 28.7 Å². The van der Waals surface area contributed by atoms with Crippen molar-refractivity contribution in [1.82, 2.24) is 40.7 Å². The Morgan fingerprint density at radius 3 is 2.49 bits per heavy atom. The average Bonchev–Trinajstić information content (AvgIpc) is 3.94. The smallest absolute Gasteiger partial charge is 0.325 e. The molecule has 15 heteroatoms. The number of imide groups is 1. The summed E-state index contributed by atoms with van der Waals surface area (Å²) in [6, 6.07) is 16.7. The Labute approximate surface area is 312 Å². The summed E-state index contributed by atoms with van der Waals surface area (Å²) in [6.07, 6.45) is 7.23. The molecule has 4 fully saturated rings. The molecule has 3 aromatic rings. The average molecular weight is 743 g/mol. The van der Waals surface area contributed by atoms with Crippen LogP contribution < -0.4 is 16.0 Å². The van der Waals surface area contributed by atoms with Crippen LogP contribution in [0.1, 0.15) is 67.3 Å². The van der Waals surface area contributed by atoms with Crippen LogP contribution in [0.3, 0.4) is 0 Å². The maximum atomic E-state index is 13.3. The van der Waals surface area contributed by atoms with Gasteiger partial charge in [0.1, 0.15) is 17.0 Å². The van der Waals surface area contributed by atoms with Crippen molar-refractivity contribution in [3.8, 4) is 11.3 Å². The second-order valence-electron chi connectivity index (χ2n) is 14.2. The second-order valence-corrected chi connectivity index (χ2v) is 15.5. The zero-order valence-electron chi connectivity index (χ0n) is 29.7. The molecule has 6 amide bonds. The molecule has 0 aliphatic carbocycles. The number of nitrogens with zero attached hydrogens (tertiary/aromatic N) is 5. The van der Waals surface area contributed by atoms with E-state index in [1.165, 1.54) is 4.90 Å². The van der Waals surface area contributed by atoms with E-state index in [0.717, 1.165) is 36.1 Å². The van der Waals surface area contributed by atoms with Gasteiger partial charge in [-0.2, -0.15) is 11.8 Å². The van der Waals surface area contributed by atoms with E-state index in [4.69, 9.17) is 4.74 Å². The third-order valence-corrected chi connectivity index (χ3v) is 12.1. The number of benzene rings is 2. The van der Waals surface area contributed by atoms with Crippen molar-refractivity contribution in [2.75, 3.05) is 32.1 Å². The molecule has 280 valence electrons. The third kappa shape index (κ3) is 8.57. The molecule has 4 aliphatic heterocycles. The quantitative estimate of drug-likeness (QED) is 0.113. The van der Waals surface area contributed by atoms with Crippen molar-refractivity contribution in [1.29, 1.82) is 0 Å². The van der Waals surface area contributed by atoms with Crippen molar-refractivity contribution in [2.45, 2.75) is 87.3 Å². The Morgan fingerprint density at radius 2 is 1.70 bits per heavy atom. The summed E-state index contributed by atoms with van der Waals surface area (Å²) in [5, 5.41) is 17.8. The number of unbranched alkanes of at least 4 members (excludes halogenated alkanes) is 1. The van der Waals surface area contributed by atoms with E-state index in [9.17, 15) is 24.0 Å². The van der Waals surface area contributed by atoms with Gasteiger partial charge in [0, 0.05) is 54.7 Å². The lowest BCUT2D eigenvalue weighted by atomic mass is 9.87. The second kappa shape index (κ2) is 16.5. The van der Waals surface area contributed by atoms with Crippen LogP contribution in [0.25, 0.3) is 11.3 Å². The molecule has 53 heavy (non-hydrogen) atoms. The number of ketones is 1. The zero-order chi connectivity index (χ0) is 36.8. The Kier molecular flexibility index (Phi) is 11.4. The number of Topliss-reactive ketones (excluding diaryl/α,β-unsaturated/α-hetero) is 1. The van der Waals surface area contributed by atoms with Crippen LogP contribution in [0.4, 0.5) is 9.59 Å². The van der Waals surface area contributed by atoms with Crippen LogP contribution in [-0.2, 0) is 27.4 Å². The van der Waals surface area contributed by atoms with Gasteiger partial charge < -0.3 is 25.6 Å². The van der Waals surface area contributed by atoms with E-state index >= 15 is 0 Å². The number of likely N-dealkylation sites (tertiary alicyclic amines) is 1. The molecule has 4 saturated heterocycles. The summed E-state index contributed by atoms with van der Waals surface area (Å²) in [5.74, 6) is 0.866. The topological polar surface area (TPSA) is 168 Å². The van der Waals surface area contributed by atoms with E-state index < -0.39 is 11.6 Å². The molecule has 0 unspecified atom stereocenters. The van der Waals surface area contributed by atoms with E-state index in [1.54, 1.807) is 21.7 Å². The number of ether oxygens (including phenoxy) is 1. The number of nitrogens with one attached hydrogen (secondary N) is 3. The number of thioether (sulfide) groups is 1. The minimum absolute atomic E-state index is 0.0635. The number of piperidine rings is 1. The van der Waals surface area contributed by atoms with Crippen LogP contribution in [0, 0.1) is 0 Å². The molecule has 14 nitrogen and oxygen atoms in total. The zero-order valence-corrected chi connectivity index (χ0v) is 30.5. The molecule has 3 atom stereocenters. The highest BCUT2D eigenvalue weighted by Gasteiger charge is 2.52.